The van der Waals surface area contributed by atoms with E-state index >= 15 is 0 Å². The quantitative estimate of drug-likeness (QED) is 0.607. The van der Waals surface area contributed by atoms with E-state index in [0.717, 1.165) is 43.7 Å². The summed E-state index contributed by atoms with van der Waals surface area (Å²) in [7, 11) is 0. The van der Waals surface area contributed by atoms with Crippen LogP contribution in [0.1, 0.15) is 23.1 Å². The Morgan fingerprint density at radius 1 is 1.16 bits per heavy atom. The van der Waals surface area contributed by atoms with E-state index in [4.69, 9.17) is 17.5 Å². The third-order valence-corrected chi connectivity index (χ3v) is 6.07. The Morgan fingerprint density at radius 3 is 2.72 bits per heavy atom. The molecule has 4 rings (SSSR count). The maximum absolute atomic E-state index is 13.1. The van der Waals surface area contributed by atoms with E-state index in [1.165, 1.54) is 5.56 Å². The van der Waals surface area contributed by atoms with Crippen LogP contribution in [-0.2, 0) is 17.9 Å². The van der Waals surface area contributed by atoms with Crippen molar-refractivity contribution in [1.82, 2.24) is 24.6 Å². The standard InChI is InChI=1S/C24H26N6OS/c1-18-4-2-5-21(14-18)23-26-27-24(32)30(23)17-22(31)29-11-3-10-28(12-13-29)16-20-8-6-19(15-25)7-9-20/h2,4-9,14H,3,10-13,16-17H2,1H3,(H,27,32). The number of nitrogens with zero attached hydrogens (tertiary/aromatic N) is 5. The fourth-order valence-electron chi connectivity index (χ4n) is 4.03. The number of H-pyrrole nitrogens is 1. The molecule has 1 N–H and O–H groups in total. The molecule has 0 atom stereocenters. The van der Waals surface area contributed by atoms with Gasteiger partial charge in [-0.1, -0.05) is 35.9 Å². The molecule has 0 radical (unpaired) electrons. The van der Waals surface area contributed by atoms with Crippen molar-refractivity contribution in [2.24, 2.45) is 0 Å². The summed E-state index contributed by atoms with van der Waals surface area (Å²) in [5, 5.41) is 16.2. The molecular formula is C24H26N6OS. The second-order valence-corrected chi connectivity index (χ2v) is 8.51. The largest absolute Gasteiger partial charge is 0.340 e. The van der Waals surface area contributed by atoms with Gasteiger partial charge in [0.05, 0.1) is 11.6 Å². The molecule has 1 amide bonds. The van der Waals surface area contributed by atoms with Crippen LogP contribution in [0, 0.1) is 23.0 Å². The first-order chi connectivity index (χ1) is 15.5. The van der Waals surface area contributed by atoms with Crippen molar-refractivity contribution in [3.05, 3.63) is 70.0 Å². The number of amides is 1. The van der Waals surface area contributed by atoms with Gasteiger partial charge < -0.3 is 4.90 Å². The van der Waals surface area contributed by atoms with Crippen LogP contribution in [0.5, 0.6) is 0 Å². The first-order valence-corrected chi connectivity index (χ1v) is 11.2. The Kier molecular flexibility index (Phi) is 6.78. The van der Waals surface area contributed by atoms with Crippen LogP contribution in [0.25, 0.3) is 11.4 Å². The first-order valence-electron chi connectivity index (χ1n) is 10.7. The van der Waals surface area contributed by atoms with Gasteiger partial charge >= 0.3 is 0 Å². The molecule has 8 heteroatoms. The molecule has 1 saturated heterocycles. The van der Waals surface area contributed by atoms with Gasteiger partial charge in [-0.2, -0.15) is 10.4 Å². The summed E-state index contributed by atoms with van der Waals surface area (Å²) < 4.78 is 2.23. The molecule has 0 aliphatic carbocycles. The molecule has 0 spiro atoms. The number of aromatic amines is 1. The molecule has 32 heavy (non-hydrogen) atoms. The first kappa shape index (κ1) is 21.9. The lowest BCUT2D eigenvalue weighted by molar-refractivity contribution is -0.131. The minimum Gasteiger partial charge on any atom is -0.340 e. The van der Waals surface area contributed by atoms with E-state index in [1.54, 1.807) is 4.57 Å². The predicted octanol–water partition coefficient (Wildman–Crippen LogP) is 3.52. The Morgan fingerprint density at radius 2 is 1.97 bits per heavy atom. The highest BCUT2D eigenvalue weighted by Gasteiger charge is 2.21. The van der Waals surface area contributed by atoms with Gasteiger partial charge in [-0.05, 0) is 49.3 Å². The molecule has 1 aliphatic rings. The summed E-state index contributed by atoms with van der Waals surface area (Å²) in [4.78, 5) is 17.4. The van der Waals surface area contributed by atoms with E-state index in [9.17, 15) is 4.79 Å². The second-order valence-electron chi connectivity index (χ2n) is 8.13. The van der Waals surface area contributed by atoms with Gasteiger partial charge in [0.1, 0.15) is 6.54 Å². The Balaban J connectivity index is 1.40. The van der Waals surface area contributed by atoms with Crippen molar-refractivity contribution < 1.29 is 4.79 Å². The molecule has 1 aromatic heterocycles. The number of rotatable bonds is 5. The number of hydrogen-bond donors (Lipinski definition) is 1. The number of aryl methyl sites for hydroxylation is 1. The minimum absolute atomic E-state index is 0.0524. The molecule has 2 heterocycles. The molecule has 2 aromatic carbocycles. The molecule has 0 bridgehead atoms. The summed E-state index contributed by atoms with van der Waals surface area (Å²) in [6.45, 7) is 6.18. The lowest BCUT2D eigenvalue weighted by Crippen LogP contribution is -2.37. The average Bonchev–Trinajstić information content (AvgIpc) is 3.00. The van der Waals surface area contributed by atoms with Gasteiger partial charge in [0, 0.05) is 38.3 Å². The number of carbonyl (C=O) groups excluding carboxylic acids is 1. The fourth-order valence-corrected chi connectivity index (χ4v) is 4.22. The Bertz CT molecular complexity index is 1190. The van der Waals surface area contributed by atoms with Gasteiger partial charge in [-0.25, -0.2) is 0 Å². The smallest absolute Gasteiger partial charge is 0.242 e. The topological polar surface area (TPSA) is 81.0 Å². The highest BCUT2D eigenvalue weighted by molar-refractivity contribution is 7.71. The second kappa shape index (κ2) is 9.90. The molecular weight excluding hydrogens is 420 g/mol. The molecule has 1 aliphatic heterocycles. The van der Waals surface area contributed by atoms with Gasteiger partial charge in [-0.15, -0.1) is 0 Å². The Hall–Kier alpha value is -3.28. The molecule has 1 fully saturated rings. The van der Waals surface area contributed by atoms with Gasteiger partial charge in [0.25, 0.3) is 0 Å². The SMILES string of the molecule is Cc1cccc(-c2n[nH]c(=S)n2CC(=O)N2CCCN(Cc3ccc(C#N)cc3)CC2)c1. The predicted molar refractivity (Wildman–Crippen MR) is 125 cm³/mol. The van der Waals surface area contributed by atoms with E-state index in [-0.39, 0.29) is 12.5 Å². The molecule has 3 aromatic rings. The van der Waals surface area contributed by atoms with Crippen molar-refractivity contribution >= 4 is 18.1 Å². The summed E-state index contributed by atoms with van der Waals surface area (Å²) in [6.07, 6.45) is 0.920. The maximum atomic E-state index is 13.1. The number of carbonyl (C=O) groups is 1. The van der Waals surface area contributed by atoms with Crippen LogP contribution >= 0.6 is 12.2 Å². The minimum atomic E-state index is 0.0524. The molecule has 0 saturated carbocycles. The normalized spacial score (nSPS) is 14.7. The molecule has 7 nitrogen and oxygen atoms in total. The number of aromatic nitrogens is 3. The third-order valence-electron chi connectivity index (χ3n) is 5.76. The summed E-state index contributed by atoms with van der Waals surface area (Å²) in [5.41, 5.74) is 3.92. The van der Waals surface area contributed by atoms with Gasteiger partial charge in [-0.3, -0.25) is 19.4 Å². The van der Waals surface area contributed by atoms with Crippen molar-refractivity contribution in [3.8, 4) is 17.5 Å². The fraction of sp³-hybridized carbons (Fsp3) is 0.333. The number of hydrogen-bond acceptors (Lipinski definition) is 5. The lowest BCUT2D eigenvalue weighted by Gasteiger charge is -2.22. The summed E-state index contributed by atoms with van der Waals surface area (Å²) in [5.74, 6) is 0.737. The number of nitrogens with one attached hydrogen (secondary N) is 1. The zero-order chi connectivity index (χ0) is 22.5. The molecule has 0 unspecified atom stereocenters. The zero-order valence-electron chi connectivity index (χ0n) is 18.1. The number of benzene rings is 2. The van der Waals surface area contributed by atoms with Crippen LogP contribution < -0.4 is 0 Å². The van der Waals surface area contributed by atoms with Gasteiger partial charge in [0.15, 0.2) is 10.6 Å². The number of nitriles is 1. The van der Waals surface area contributed by atoms with Crippen molar-refractivity contribution in [1.29, 1.82) is 5.26 Å². The lowest BCUT2D eigenvalue weighted by atomic mass is 10.1. The van der Waals surface area contributed by atoms with E-state index < -0.39 is 0 Å². The van der Waals surface area contributed by atoms with Crippen LogP contribution in [0.15, 0.2) is 48.5 Å². The molecule has 164 valence electrons. The summed E-state index contributed by atoms with van der Waals surface area (Å²) >= 11 is 5.41. The highest BCUT2D eigenvalue weighted by Crippen LogP contribution is 2.19. The van der Waals surface area contributed by atoms with Crippen LogP contribution in [0.2, 0.25) is 0 Å². The average molecular weight is 447 g/mol. The highest BCUT2D eigenvalue weighted by atomic mass is 32.1. The monoisotopic (exact) mass is 446 g/mol. The maximum Gasteiger partial charge on any atom is 0.242 e. The van der Waals surface area contributed by atoms with Gasteiger partial charge in [0.2, 0.25) is 5.91 Å². The van der Waals surface area contributed by atoms with E-state index in [0.29, 0.717) is 22.7 Å². The van der Waals surface area contributed by atoms with Crippen molar-refractivity contribution in [3.63, 3.8) is 0 Å². The van der Waals surface area contributed by atoms with E-state index in [2.05, 4.69) is 21.2 Å². The van der Waals surface area contributed by atoms with Crippen LogP contribution in [-0.4, -0.2) is 56.7 Å². The zero-order valence-corrected chi connectivity index (χ0v) is 18.9. The third kappa shape index (κ3) is 5.13. The van der Waals surface area contributed by atoms with Crippen LogP contribution in [0.3, 0.4) is 0 Å². The van der Waals surface area contributed by atoms with E-state index in [1.807, 2.05) is 60.4 Å². The summed E-state index contributed by atoms with van der Waals surface area (Å²) in [6, 6.07) is 17.9. The van der Waals surface area contributed by atoms with Crippen molar-refractivity contribution in [2.75, 3.05) is 26.2 Å². The van der Waals surface area contributed by atoms with Crippen LogP contribution in [0.4, 0.5) is 0 Å². The van der Waals surface area contributed by atoms with Crippen molar-refractivity contribution in [2.45, 2.75) is 26.4 Å². The Labute approximate surface area is 192 Å².